The Morgan fingerprint density at radius 1 is 0.947 bits per heavy atom. The van der Waals surface area contributed by atoms with Crippen LogP contribution in [0, 0.1) is 6.92 Å². The third-order valence-electron chi connectivity index (χ3n) is 6.05. The van der Waals surface area contributed by atoms with E-state index in [1.54, 1.807) is 43.3 Å². The van der Waals surface area contributed by atoms with Crippen molar-refractivity contribution in [2.45, 2.75) is 57.6 Å². The molecule has 0 fully saturated rings. The van der Waals surface area contributed by atoms with E-state index in [-0.39, 0.29) is 23.4 Å². The second-order valence-electron chi connectivity index (χ2n) is 9.35. The topological polar surface area (TPSA) is 86.8 Å². The molecule has 0 heterocycles. The SMILES string of the molecule is CC[C@@H](C(=O)NC(C)C)N(Cc1ccccc1)C(=O)CN(c1ccc(Cl)cc1C)S(=O)(=O)c1ccccc1. The van der Waals surface area contributed by atoms with Crippen LogP contribution in [-0.2, 0) is 26.2 Å². The van der Waals surface area contributed by atoms with Gasteiger partial charge in [0.2, 0.25) is 11.8 Å². The Kier molecular flexibility index (Phi) is 9.94. The second kappa shape index (κ2) is 12.9. The van der Waals surface area contributed by atoms with Crippen LogP contribution in [0.4, 0.5) is 5.69 Å². The highest BCUT2D eigenvalue weighted by Gasteiger charge is 2.34. The number of sulfonamides is 1. The number of carbonyl (C=O) groups excluding carboxylic acids is 2. The molecule has 0 saturated heterocycles. The quantitative estimate of drug-likeness (QED) is 0.353. The Bertz CT molecular complexity index is 1350. The predicted octanol–water partition coefficient (Wildman–Crippen LogP) is 5.18. The molecule has 1 N–H and O–H groups in total. The molecule has 1 atom stereocenters. The van der Waals surface area contributed by atoms with Crippen LogP contribution in [0.1, 0.15) is 38.3 Å². The van der Waals surface area contributed by atoms with Crippen LogP contribution >= 0.6 is 11.6 Å². The van der Waals surface area contributed by atoms with Gasteiger partial charge in [0.25, 0.3) is 10.0 Å². The Morgan fingerprint density at radius 3 is 2.11 bits per heavy atom. The first-order chi connectivity index (χ1) is 18.0. The molecule has 0 saturated carbocycles. The number of nitrogens with zero attached hydrogens (tertiary/aromatic N) is 2. The summed E-state index contributed by atoms with van der Waals surface area (Å²) in [6, 6.07) is 21.2. The lowest BCUT2D eigenvalue weighted by atomic mass is 10.1. The van der Waals surface area contributed by atoms with Crippen LogP contribution in [0.25, 0.3) is 0 Å². The van der Waals surface area contributed by atoms with Crippen molar-refractivity contribution in [3.8, 4) is 0 Å². The lowest BCUT2D eigenvalue weighted by Gasteiger charge is -2.34. The lowest BCUT2D eigenvalue weighted by molar-refractivity contribution is -0.140. The van der Waals surface area contributed by atoms with Gasteiger partial charge in [-0.05, 0) is 68.7 Å². The number of carbonyl (C=O) groups is 2. The van der Waals surface area contributed by atoms with Gasteiger partial charge in [-0.1, -0.05) is 67.1 Å². The number of amides is 2. The highest BCUT2D eigenvalue weighted by molar-refractivity contribution is 7.92. The van der Waals surface area contributed by atoms with E-state index < -0.39 is 28.5 Å². The van der Waals surface area contributed by atoms with Crippen molar-refractivity contribution < 1.29 is 18.0 Å². The van der Waals surface area contributed by atoms with Gasteiger partial charge in [0.1, 0.15) is 12.6 Å². The van der Waals surface area contributed by atoms with Crippen LogP contribution < -0.4 is 9.62 Å². The molecule has 0 spiro atoms. The Balaban J connectivity index is 2.07. The molecule has 0 aliphatic carbocycles. The molecule has 9 heteroatoms. The number of anilines is 1. The minimum atomic E-state index is -4.12. The van der Waals surface area contributed by atoms with Gasteiger partial charge in [0, 0.05) is 17.6 Å². The van der Waals surface area contributed by atoms with Crippen molar-refractivity contribution in [3.63, 3.8) is 0 Å². The zero-order chi connectivity index (χ0) is 27.9. The fraction of sp³-hybridized carbons (Fsp3) is 0.310. The van der Waals surface area contributed by atoms with Gasteiger partial charge in [-0.25, -0.2) is 8.42 Å². The summed E-state index contributed by atoms with van der Waals surface area (Å²) >= 11 is 6.15. The van der Waals surface area contributed by atoms with Crippen molar-refractivity contribution in [2.75, 3.05) is 10.8 Å². The Morgan fingerprint density at radius 2 is 1.55 bits per heavy atom. The smallest absolute Gasteiger partial charge is 0.264 e. The first-order valence-electron chi connectivity index (χ1n) is 12.5. The fourth-order valence-corrected chi connectivity index (χ4v) is 5.94. The van der Waals surface area contributed by atoms with Crippen molar-refractivity contribution in [2.24, 2.45) is 0 Å². The van der Waals surface area contributed by atoms with Crippen molar-refractivity contribution in [1.82, 2.24) is 10.2 Å². The van der Waals surface area contributed by atoms with E-state index in [4.69, 9.17) is 11.6 Å². The Labute approximate surface area is 230 Å². The second-order valence-corrected chi connectivity index (χ2v) is 11.6. The normalized spacial score (nSPS) is 12.2. The number of benzene rings is 3. The molecule has 38 heavy (non-hydrogen) atoms. The van der Waals surface area contributed by atoms with Crippen molar-refractivity contribution in [3.05, 3.63) is 95.0 Å². The molecule has 7 nitrogen and oxygen atoms in total. The zero-order valence-corrected chi connectivity index (χ0v) is 23.7. The van der Waals surface area contributed by atoms with Crippen LogP contribution in [-0.4, -0.2) is 43.8 Å². The lowest BCUT2D eigenvalue weighted by Crippen LogP contribution is -2.53. The van der Waals surface area contributed by atoms with Gasteiger partial charge >= 0.3 is 0 Å². The summed E-state index contributed by atoms with van der Waals surface area (Å²) in [5, 5.41) is 3.35. The zero-order valence-electron chi connectivity index (χ0n) is 22.1. The molecular formula is C29H34ClN3O4S. The van der Waals surface area contributed by atoms with E-state index >= 15 is 0 Å². The number of hydrogen-bond acceptors (Lipinski definition) is 4. The summed E-state index contributed by atoms with van der Waals surface area (Å²) in [7, 11) is -4.12. The van der Waals surface area contributed by atoms with E-state index in [0.717, 1.165) is 9.87 Å². The van der Waals surface area contributed by atoms with Crippen molar-refractivity contribution in [1.29, 1.82) is 0 Å². The van der Waals surface area contributed by atoms with Crippen LogP contribution in [0.5, 0.6) is 0 Å². The standard InChI is InChI=1S/C29H34ClN3O4S/c1-5-26(29(35)31-21(2)3)32(19-23-12-8-6-9-13-23)28(34)20-33(27-17-16-24(30)18-22(27)4)38(36,37)25-14-10-7-11-15-25/h6-18,21,26H,5,19-20H2,1-4H3,(H,31,35)/t26-/m0/s1. The molecule has 0 radical (unpaired) electrons. The molecule has 0 bridgehead atoms. The summed E-state index contributed by atoms with van der Waals surface area (Å²) in [5.74, 6) is -0.777. The van der Waals surface area contributed by atoms with E-state index in [1.165, 1.54) is 17.0 Å². The first kappa shape index (κ1) is 29.2. The van der Waals surface area contributed by atoms with Gasteiger partial charge in [0.15, 0.2) is 0 Å². The maximum atomic E-state index is 14.0. The average molecular weight is 556 g/mol. The molecule has 2 amide bonds. The highest BCUT2D eigenvalue weighted by Crippen LogP contribution is 2.29. The minimum absolute atomic E-state index is 0.0568. The first-order valence-corrected chi connectivity index (χ1v) is 14.3. The van der Waals surface area contributed by atoms with Gasteiger partial charge in [-0.15, -0.1) is 0 Å². The minimum Gasteiger partial charge on any atom is -0.352 e. The van der Waals surface area contributed by atoms with E-state index in [2.05, 4.69) is 5.32 Å². The maximum absolute atomic E-state index is 14.0. The van der Waals surface area contributed by atoms with Gasteiger partial charge in [0.05, 0.1) is 10.6 Å². The molecule has 0 aromatic heterocycles. The third-order valence-corrected chi connectivity index (χ3v) is 8.06. The molecule has 3 rings (SSSR count). The molecule has 3 aromatic carbocycles. The Hall–Kier alpha value is -3.36. The number of hydrogen-bond donors (Lipinski definition) is 1. The molecule has 0 aliphatic rings. The molecular weight excluding hydrogens is 522 g/mol. The van der Waals surface area contributed by atoms with Crippen molar-refractivity contribution >= 4 is 39.1 Å². The van der Waals surface area contributed by atoms with E-state index in [0.29, 0.717) is 22.7 Å². The van der Waals surface area contributed by atoms with Gasteiger partial charge in [-0.3, -0.25) is 13.9 Å². The number of nitrogens with one attached hydrogen (secondary N) is 1. The molecule has 202 valence electrons. The fourth-order valence-electron chi connectivity index (χ4n) is 4.21. The largest absolute Gasteiger partial charge is 0.352 e. The van der Waals surface area contributed by atoms with Crippen LogP contribution in [0.15, 0.2) is 83.8 Å². The number of halogens is 1. The summed E-state index contributed by atoms with van der Waals surface area (Å²) in [6.45, 7) is 6.95. The van der Waals surface area contributed by atoms with E-state index in [9.17, 15) is 18.0 Å². The van der Waals surface area contributed by atoms with Gasteiger partial charge < -0.3 is 10.2 Å². The molecule has 0 aliphatic heterocycles. The predicted molar refractivity (Wildman–Crippen MR) is 152 cm³/mol. The summed E-state index contributed by atoms with van der Waals surface area (Å²) in [5.41, 5.74) is 1.77. The molecule has 3 aromatic rings. The van der Waals surface area contributed by atoms with Gasteiger partial charge in [-0.2, -0.15) is 0 Å². The highest BCUT2D eigenvalue weighted by atomic mass is 35.5. The number of aryl methyl sites for hydroxylation is 1. The van der Waals surface area contributed by atoms with E-state index in [1.807, 2.05) is 51.1 Å². The summed E-state index contributed by atoms with van der Waals surface area (Å²) in [4.78, 5) is 28.6. The summed E-state index contributed by atoms with van der Waals surface area (Å²) < 4.78 is 28.8. The third kappa shape index (κ3) is 7.14. The maximum Gasteiger partial charge on any atom is 0.264 e. The number of rotatable bonds is 11. The monoisotopic (exact) mass is 555 g/mol. The molecule has 0 unspecified atom stereocenters. The average Bonchev–Trinajstić information content (AvgIpc) is 2.88. The van der Waals surface area contributed by atoms with Crippen LogP contribution in [0.2, 0.25) is 5.02 Å². The summed E-state index contributed by atoms with van der Waals surface area (Å²) in [6.07, 6.45) is 0.364. The van der Waals surface area contributed by atoms with Crippen LogP contribution in [0.3, 0.4) is 0 Å².